The van der Waals surface area contributed by atoms with Gasteiger partial charge in [-0.2, -0.15) is 0 Å². The topological polar surface area (TPSA) is 57.6 Å². The Morgan fingerprint density at radius 3 is 2.33 bits per heavy atom. The van der Waals surface area contributed by atoms with E-state index in [1.54, 1.807) is 24.3 Å². The molecule has 2 aliphatic rings. The Bertz CT molecular complexity index is 559. The Balaban J connectivity index is 1.85. The van der Waals surface area contributed by atoms with Gasteiger partial charge < -0.3 is 5.11 Å². The van der Waals surface area contributed by atoms with E-state index in [9.17, 15) is 9.59 Å². The highest BCUT2D eigenvalue weighted by Gasteiger charge is 2.59. The third kappa shape index (κ3) is 1.60. The van der Waals surface area contributed by atoms with E-state index < -0.39 is 0 Å². The minimum absolute atomic E-state index is 0.0774. The molecule has 1 saturated heterocycles. The summed E-state index contributed by atoms with van der Waals surface area (Å²) in [7, 11) is 0. The first-order valence-corrected chi connectivity index (χ1v) is 5.80. The highest BCUT2D eigenvalue weighted by molar-refractivity contribution is 6.24. The van der Waals surface area contributed by atoms with E-state index in [-0.39, 0.29) is 30.3 Å². The lowest BCUT2D eigenvalue weighted by molar-refractivity contribution is -0.123. The molecule has 1 saturated carbocycles. The number of imide groups is 1. The van der Waals surface area contributed by atoms with Gasteiger partial charge in [0.05, 0.1) is 17.5 Å². The maximum absolute atomic E-state index is 11.9. The van der Waals surface area contributed by atoms with Crippen molar-refractivity contribution in [3.63, 3.8) is 0 Å². The molecule has 1 N–H and O–H groups in total. The predicted molar refractivity (Wildman–Crippen MR) is 64.5 cm³/mol. The van der Waals surface area contributed by atoms with Crippen LogP contribution in [0, 0.1) is 23.7 Å². The molecule has 1 aliphatic heterocycles. The van der Waals surface area contributed by atoms with Crippen LogP contribution in [0.4, 0.5) is 5.69 Å². The van der Waals surface area contributed by atoms with E-state index in [1.807, 2.05) is 0 Å². The number of fused-ring (bicyclic) bond motifs is 1. The van der Waals surface area contributed by atoms with Crippen molar-refractivity contribution in [3.8, 4) is 11.8 Å². The van der Waals surface area contributed by atoms with Crippen LogP contribution in [0.5, 0.6) is 0 Å². The Hall–Kier alpha value is -2.12. The van der Waals surface area contributed by atoms with E-state index >= 15 is 0 Å². The molecule has 3 rings (SSSR count). The molecule has 0 aromatic heterocycles. The van der Waals surface area contributed by atoms with E-state index in [0.717, 1.165) is 5.56 Å². The molecule has 2 fully saturated rings. The third-order valence-electron chi connectivity index (χ3n) is 3.30. The van der Waals surface area contributed by atoms with Crippen LogP contribution >= 0.6 is 0 Å². The maximum atomic E-state index is 11.9. The van der Waals surface area contributed by atoms with Crippen molar-refractivity contribution in [1.82, 2.24) is 0 Å². The van der Waals surface area contributed by atoms with Gasteiger partial charge >= 0.3 is 0 Å². The molecule has 90 valence electrons. The van der Waals surface area contributed by atoms with Crippen LogP contribution in [-0.2, 0) is 9.59 Å². The molecule has 1 heterocycles. The summed E-state index contributed by atoms with van der Waals surface area (Å²) < 4.78 is 0. The quantitative estimate of drug-likeness (QED) is 0.576. The lowest BCUT2D eigenvalue weighted by Gasteiger charge is -2.16. The summed E-state index contributed by atoms with van der Waals surface area (Å²) >= 11 is 0. The molecule has 1 aromatic carbocycles. The number of rotatable bonds is 1. The number of amides is 2. The molecule has 0 bridgehead atoms. The van der Waals surface area contributed by atoms with E-state index in [0.29, 0.717) is 12.1 Å². The first-order valence-electron chi connectivity index (χ1n) is 5.80. The second-order valence-electron chi connectivity index (χ2n) is 4.47. The Labute approximate surface area is 104 Å². The summed E-state index contributed by atoms with van der Waals surface area (Å²) in [5.41, 5.74) is 1.35. The lowest BCUT2D eigenvalue weighted by Crippen LogP contribution is -2.32. The fourth-order valence-corrected chi connectivity index (χ4v) is 2.27. The summed E-state index contributed by atoms with van der Waals surface area (Å²) in [6, 6.07) is 6.90. The van der Waals surface area contributed by atoms with Crippen molar-refractivity contribution >= 4 is 17.5 Å². The second-order valence-corrected chi connectivity index (χ2v) is 4.47. The number of anilines is 1. The Morgan fingerprint density at radius 2 is 1.78 bits per heavy atom. The number of aliphatic hydroxyl groups excluding tert-OH is 1. The van der Waals surface area contributed by atoms with Crippen LogP contribution < -0.4 is 4.90 Å². The average Bonchev–Trinajstić information content (AvgIpc) is 3.13. The number of carbonyl (C=O) groups is 2. The molecular weight excluding hydrogens is 230 g/mol. The number of piperidine rings is 1. The zero-order valence-corrected chi connectivity index (χ0v) is 9.59. The van der Waals surface area contributed by atoms with Gasteiger partial charge in [0.1, 0.15) is 6.61 Å². The molecule has 0 radical (unpaired) electrons. The molecular formula is C14H11NO3. The summed E-state index contributed by atoms with van der Waals surface area (Å²) in [4.78, 5) is 25.0. The molecule has 4 nitrogen and oxygen atoms in total. The SMILES string of the molecule is O=C1C2CC2C(=O)N1c1ccc(C#CCO)cc1. The number of aliphatic hydroxyl groups is 1. The number of carbonyl (C=O) groups excluding carboxylic acids is 2. The fraction of sp³-hybridized carbons (Fsp3) is 0.286. The minimum Gasteiger partial charge on any atom is -0.384 e. The summed E-state index contributed by atoms with van der Waals surface area (Å²) in [5, 5.41) is 8.59. The van der Waals surface area contributed by atoms with Crippen molar-refractivity contribution in [2.24, 2.45) is 11.8 Å². The standard InChI is InChI=1S/C14H11NO3/c16-7-1-2-9-3-5-10(6-4-9)15-13(17)11-8-12(11)14(15)18/h3-6,11-12,16H,7-8H2. The molecule has 2 amide bonds. The minimum atomic E-state index is -0.186. The smallest absolute Gasteiger partial charge is 0.237 e. The molecule has 18 heavy (non-hydrogen) atoms. The van der Waals surface area contributed by atoms with Gasteiger partial charge in [-0.05, 0) is 30.7 Å². The maximum Gasteiger partial charge on any atom is 0.237 e. The molecule has 1 aliphatic carbocycles. The van der Waals surface area contributed by atoms with Crippen LogP contribution in [0.15, 0.2) is 24.3 Å². The average molecular weight is 241 g/mol. The van der Waals surface area contributed by atoms with Crippen molar-refractivity contribution in [3.05, 3.63) is 29.8 Å². The van der Waals surface area contributed by atoms with Crippen molar-refractivity contribution < 1.29 is 14.7 Å². The van der Waals surface area contributed by atoms with E-state index in [2.05, 4.69) is 11.8 Å². The highest BCUT2D eigenvalue weighted by Crippen LogP contribution is 2.48. The molecule has 4 heteroatoms. The van der Waals surface area contributed by atoms with Gasteiger partial charge in [-0.15, -0.1) is 0 Å². The fourth-order valence-electron chi connectivity index (χ4n) is 2.27. The summed E-state index contributed by atoms with van der Waals surface area (Å²) in [5.74, 6) is 4.98. The number of hydrogen-bond donors (Lipinski definition) is 1. The van der Waals surface area contributed by atoms with E-state index in [4.69, 9.17) is 5.11 Å². The van der Waals surface area contributed by atoms with Crippen molar-refractivity contribution in [2.45, 2.75) is 6.42 Å². The van der Waals surface area contributed by atoms with Crippen LogP contribution in [0.1, 0.15) is 12.0 Å². The van der Waals surface area contributed by atoms with Gasteiger partial charge in [-0.1, -0.05) is 11.8 Å². The number of hydrogen-bond acceptors (Lipinski definition) is 3. The Morgan fingerprint density at radius 1 is 1.17 bits per heavy atom. The van der Waals surface area contributed by atoms with Crippen molar-refractivity contribution in [2.75, 3.05) is 11.5 Å². The number of nitrogens with zero attached hydrogens (tertiary/aromatic N) is 1. The predicted octanol–water partition coefficient (Wildman–Crippen LogP) is 0.540. The normalized spacial score (nSPS) is 24.6. The first kappa shape index (κ1) is 11.0. The number of benzene rings is 1. The largest absolute Gasteiger partial charge is 0.384 e. The monoisotopic (exact) mass is 241 g/mol. The first-order chi connectivity index (χ1) is 8.72. The zero-order chi connectivity index (χ0) is 12.7. The van der Waals surface area contributed by atoms with Crippen LogP contribution in [-0.4, -0.2) is 23.5 Å². The van der Waals surface area contributed by atoms with Crippen molar-refractivity contribution in [1.29, 1.82) is 0 Å². The molecule has 0 spiro atoms. The van der Waals surface area contributed by atoms with Gasteiger partial charge in [0.2, 0.25) is 11.8 Å². The summed E-state index contributed by atoms with van der Waals surface area (Å²) in [6.07, 6.45) is 0.716. The van der Waals surface area contributed by atoms with E-state index in [1.165, 1.54) is 4.90 Å². The highest BCUT2D eigenvalue weighted by atomic mass is 16.2. The van der Waals surface area contributed by atoms with Gasteiger partial charge in [-0.3, -0.25) is 14.5 Å². The van der Waals surface area contributed by atoms with Gasteiger partial charge in [-0.25, -0.2) is 0 Å². The van der Waals surface area contributed by atoms with Gasteiger partial charge in [0.25, 0.3) is 0 Å². The molecule has 1 aromatic rings. The zero-order valence-electron chi connectivity index (χ0n) is 9.59. The second kappa shape index (κ2) is 3.97. The van der Waals surface area contributed by atoms with Gasteiger partial charge in [0, 0.05) is 5.56 Å². The van der Waals surface area contributed by atoms with Crippen LogP contribution in [0.25, 0.3) is 0 Å². The summed E-state index contributed by atoms with van der Waals surface area (Å²) in [6.45, 7) is -0.186. The lowest BCUT2D eigenvalue weighted by atomic mass is 10.2. The van der Waals surface area contributed by atoms with Crippen LogP contribution in [0.2, 0.25) is 0 Å². The van der Waals surface area contributed by atoms with Gasteiger partial charge in [0.15, 0.2) is 0 Å². The molecule has 2 atom stereocenters. The Kier molecular flexibility index (Phi) is 2.42. The third-order valence-corrected chi connectivity index (χ3v) is 3.30. The molecule has 2 unspecified atom stereocenters. The van der Waals surface area contributed by atoms with Crippen LogP contribution in [0.3, 0.4) is 0 Å².